The Labute approximate surface area is 186 Å². The fraction of sp³-hybridized carbons (Fsp3) is 0.304. The van der Waals surface area contributed by atoms with Crippen molar-refractivity contribution in [3.63, 3.8) is 0 Å². The van der Waals surface area contributed by atoms with Gasteiger partial charge in [-0.05, 0) is 38.0 Å². The quantitative estimate of drug-likeness (QED) is 0.414. The summed E-state index contributed by atoms with van der Waals surface area (Å²) >= 11 is 0. The molecule has 1 amide bonds. The minimum Gasteiger partial charge on any atom is -0.404 e. The van der Waals surface area contributed by atoms with E-state index in [2.05, 4.69) is 15.1 Å². The summed E-state index contributed by atoms with van der Waals surface area (Å²) in [6.45, 7) is 3.14. The number of aliphatic imine (C=N–C) groups is 1. The normalized spacial score (nSPS) is 16.7. The molecule has 0 bridgehead atoms. The van der Waals surface area contributed by atoms with Gasteiger partial charge in [0.15, 0.2) is 5.65 Å². The number of nitrogen functional groups attached to an aromatic ring is 1. The van der Waals surface area contributed by atoms with Crippen LogP contribution in [0, 0.1) is 0 Å². The van der Waals surface area contributed by atoms with E-state index < -0.39 is 6.04 Å². The van der Waals surface area contributed by atoms with Crippen molar-refractivity contribution in [2.75, 3.05) is 18.8 Å². The maximum Gasteiger partial charge on any atom is 0.247 e. The zero-order chi connectivity index (χ0) is 22.7. The molecule has 1 aliphatic rings. The van der Waals surface area contributed by atoms with Crippen LogP contribution in [0.4, 0.5) is 5.69 Å². The van der Waals surface area contributed by atoms with E-state index in [1.54, 1.807) is 30.0 Å². The van der Waals surface area contributed by atoms with Crippen LogP contribution in [-0.4, -0.2) is 56.8 Å². The third-order valence-corrected chi connectivity index (χ3v) is 5.70. The van der Waals surface area contributed by atoms with Crippen LogP contribution >= 0.6 is 0 Å². The summed E-state index contributed by atoms with van der Waals surface area (Å²) < 4.78 is 1.75. The van der Waals surface area contributed by atoms with Gasteiger partial charge in [0.25, 0.3) is 0 Å². The average Bonchev–Trinajstić information content (AvgIpc) is 3.23. The number of anilines is 1. The summed E-state index contributed by atoms with van der Waals surface area (Å²) in [4.78, 5) is 23.4. The van der Waals surface area contributed by atoms with Crippen LogP contribution in [-0.2, 0) is 4.79 Å². The van der Waals surface area contributed by atoms with Crippen LogP contribution < -0.4 is 17.2 Å². The van der Waals surface area contributed by atoms with Crippen molar-refractivity contribution in [3.8, 4) is 11.3 Å². The van der Waals surface area contributed by atoms with E-state index in [-0.39, 0.29) is 11.9 Å². The highest BCUT2D eigenvalue weighted by Gasteiger charge is 2.24. The van der Waals surface area contributed by atoms with Crippen LogP contribution in [0.3, 0.4) is 0 Å². The number of likely N-dealkylation sites (tertiary alicyclic amines) is 1. The first-order chi connectivity index (χ1) is 15.5. The number of allylic oxidation sites excluding steroid dienone is 1. The Hall–Kier alpha value is -3.72. The molecule has 0 radical (unpaired) electrons. The molecule has 9 nitrogen and oxygen atoms in total. The largest absolute Gasteiger partial charge is 0.404 e. The summed E-state index contributed by atoms with van der Waals surface area (Å²) in [6.07, 6.45) is 8.18. The van der Waals surface area contributed by atoms with Gasteiger partial charge < -0.3 is 22.1 Å². The van der Waals surface area contributed by atoms with Crippen LogP contribution in [0.1, 0.15) is 25.3 Å². The van der Waals surface area contributed by atoms with Crippen LogP contribution in [0.2, 0.25) is 0 Å². The number of nitrogens with two attached hydrogens (primary N) is 3. The first kappa shape index (κ1) is 21.5. The van der Waals surface area contributed by atoms with Gasteiger partial charge in [-0.15, -0.1) is 0 Å². The lowest BCUT2D eigenvalue weighted by atomic mass is 10.1. The average molecular weight is 433 g/mol. The molecule has 9 heteroatoms. The molecular weight excluding hydrogens is 404 g/mol. The third kappa shape index (κ3) is 4.47. The molecule has 0 spiro atoms. The molecule has 166 valence electrons. The van der Waals surface area contributed by atoms with E-state index in [4.69, 9.17) is 17.2 Å². The molecule has 4 rings (SSSR count). The number of hydrogen-bond donors (Lipinski definition) is 3. The summed E-state index contributed by atoms with van der Waals surface area (Å²) in [5, 5.41) is 4.53. The lowest BCUT2D eigenvalue weighted by Gasteiger charge is -2.31. The van der Waals surface area contributed by atoms with E-state index in [0.29, 0.717) is 30.0 Å². The molecular formula is C23H28N8O. The number of nitrogens with zero attached hydrogens (tertiary/aromatic N) is 5. The van der Waals surface area contributed by atoms with Gasteiger partial charge in [0.1, 0.15) is 6.04 Å². The Kier molecular flexibility index (Phi) is 6.18. The monoisotopic (exact) mass is 432 g/mol. The highest BCUT2D eigenvalue weighted by Crippen LogP contribution is 2.23. The number of imidazole rings is 1. The Morgan fingerprint density at radius 1 is 1.25 bits per heavy atom. The van der Waals surface area contributed by atoms with Gasteiger partial charge in [0, 0.05) is 53.9 Å². The Morgan fingerprint density at radius 2 is 2.03 bits per heavy atom. The zero-order valence-electron chi connectivity index (χ0n) is 18.1. The molecule has 2 aromatic heterocycles. The second kappa shape index (κ2) is 9.19. The fourth-order valence-corrected chi connectivity index (χ4v) is 3.78. The highest BCUT2D eigenvalue weighted by atomic mass is 16.2. The van der Waals surface area contributed by atoms with Crippen LogP contribution in [0.15, 0.2) is 53.9 Å². The molecule has 6 N–H and O–H groups in total. The molecule has 0 aliphatic carbocycles. The standard InChI is InChI=1S/C23H28N8O/c1-15(23(32)30-7-5-19(25)6-8-30)27-12-18(11-24)17-10-22-28-14-21(31(22)29-13-17)16-3-2-4-20(26)9-16/h2-4,9-15,19H,5-8,24-26H2,1H3. The van der Waals surface area contributed by atoms with Crippen LogP contribution in [0.5, 0.6) is 0 Å². The topological polar surface area (TPSA) is 141 Å². The Morgan fingerprint density at radius 3 is 2.75 bits per heavy atom. The molecule has 1 unspecified atom stereocenters. The first-order valence-corrected chi connectivity index (χ1v) is 10.7. The molecule has 1 fully saturated rings. The lowest BCUT2D eigenvalue weighted by Crippen LogP contribution is -2.45. The van der Waals surface area contributed by atoms with E-state index in [0.717, 1.165) is 29.7 Å². The van der Waals surface area contributed by atoms with E-state index in [1.807, 2.05) is 35.2 Å². The van der Waals surface area contributed by atoms with Crippen LogP contribution in [0.25, 0.3) is 22.5 Å². The minimum atomic E-state index is -0.502. The number of hydrogen-bond acceptors (Lipinski definition) is 7. The first-order valence-electron chi connectivity index (χ1n) is 10.7. The molecule has 1 aliphatic heterocycles. The summed E-state index contributed by atoms with van der Waals surface area (Å²) in [5.74, 6) is -0.00173. The third-order valence-electron chi connectivity index (χ3n) is 5.70. The fourth-order valence-electron chi connectivity index (χ4n) is 3.78. The van der Waals surface area contributed by atoms with Gasteiger partial charge in [-0.2, -0.15) is 5.10 Å². The lowest BCUT2D eigenvalue weighted by molar-refractivity contribution is -0.133. The number of carbonyl (C=O) groups is 1. The van der Waals surface area contributed by atoms with Gasteiger partial charge in [-0.1, -0.05) is 12.1 Å². The second-order valence-electron chi connectivity index (χ2n) is 8.02. The number of amides is 1. The Bertz CT molecular complexity index is 1170. The molecule has 3 aromatic rings. The summed E-state index contributed by atoms with van der Waals surface area (Å²) in [7, 11) is 0. The van der Waals surface area contributed by atoms with Gasteiger partial charge >= 0.3 is 0 Å². The molecule has 1 atom stereocenters. The van der Waals surface area contributed by atoms with Gasteiger partial charge in [0.2, 0.25) is 5.91 Å². The number of benzene rings is 1. The molecule has 1 saturated heterocycles. The number of fused-ring (bicyclic) bond motifs is 1. The predicted octanol–water partition coefficient (Wildman–Crippen LogP) is 1.69. The molecule has 3 heterocycles. The number of rotatable bonds is 5. The molecule has 1 aromatic carbocycles. The SMILES string of the molecule is CC(N=CC(=CN)c1cnn2c(-c3cccc(N)c3)cnc2c1)C(=O)N1CCC(N)CC1. The summed E-state index contributed by atoms with van der Waals surface area (Å²) in [6, 6.07) is 9.12. The van der Waals surface area contributed by atoms with Gasteiger partial charge in [-0.25, -0.2) is 9.50 Å². The summed E-state index contributed by atoms with van der Waals surface area (Å²) in [5.41, 5.74) is 22.2. The van der Waals surface area contributed by atoms with Crippen molar-refractivity contribution < 1.29 is 4.79 Å². The van der Waals surface area contributed by atoms with E-state index in [9.17, 15) is 4.79 Å². The van der Waals surface area contributed by atoms with Gasteiger partial charge in [-0.3, -0.25) is 9.79 Å². The predicted molar refractivity (Wildman–Crippen MR) is 127 cm³/mol. The van der Waals surface area contributed by atoms with E-state index in [1.165, 1.54) is 6.20 Å². The maximum atomic E-state index is 12.7. The number of carbonyl (C=O) groups excluding carboxylic acids is 1. The number of aromatic nitrogens is 3. The smallest absolute Gasteiger partial charge is 0.247 e. The van der Waals surface area contributed by atoms with Crippen molar-refractivity contribution in [1.29, 1.82) is 0 Å². The van der Waals surface area contributed by atoms with Crippen molar-refractivity contribution in [3.05, 3.63) is 54.5 Å². The van der Waals surface area contributed by atoms with E-state index >= 15 is 0 Å². The van der Waals surface area contributed by atoms with Crippen molar-refractivity contribution in [1.82, 2.24) is 19.5 Å². The van der Waals surface area contributed by atoms with Crippen molar-refractivity contribution >= 4 is 29.0 Å². The number of piperidine rings is 1. The van der Waals surface area contributed by atoms with Gasteiger partial charge in [0.05, 0.1) is 18.1 Å². The zero-order valence-corrected chi connectivity index (χ0v) is 18.1. The van der Waals surface area contributed by atoms with Crippen molar-refractivity contribution in [2.45, 2.75) is 31.8 Å². The van der Waals surface area contributed by atoms with Crippen molar-refractivity contribution in [2.24, 2.45) is 16.5 Å². The molecule has 32 heavy (non-hydrogen) atoms. The minimum absolute atomic E-state index is 0.00173. The molecule has 0 saturated carbocycles. The second-order valence-corrected chi connectivity index (χ2v) is 8.02. The highest BCUT2D eigenvalue weighted by molar-refractivity contribution is 6.10. The Balaban J connectivity index is 1.51. The maximum absolute atomic E-state index is 12.7.